The fourth-order valence-electron chi connectivity index (χ4n) is 3.48. The van der Waals surface area contributed by atoms with E-state index >= 15 is 0 Å². The molecule has 0 saturated carbocycles. The molecule has 0 bridgehead atoms. The molecule has 122 valence electrons. The predicted octanol–water partition coefficient (Wildman–Crippen LogP) is 2.86. The molecule has 1 fully saturated rings. The number of carbonyl (C=O) groups excluding carboxylic acids is 1. The van der Waals surface area contributed by atoms with Gasteiger partial charge in [0.15, 0.2) is 0 Å². The summed E-state index contributed by atoms with van der Waals surface area (Å²) in [7, 11) is 0. The Morgan fingerprint density at radius 2 is 2.04 bits per heavy atom. The van der Waals surface area contributed by atoms with Crippen molar-refractivity contribution in [1.82, 2.24) is 9.47 Å². The van der Waals surface area contributed by atoms with Crippen molar-refractivity contribution >= 4 is 5.91 Å². The van der Waals surface area contributed by atoms with Crippen molar-refractivity contribution in [2.24, 2.45) is 5.92 Å². The predicted molar refractivity (Wildman–Crippen MR) is 91.1 cm³/mol. The minimum Gasteiger partial charge on any atom is -0.396 e. The number of nitrogens with zero attached hydrogens (tertiary/aromatic N) is 2. The van der Waals surface area contributed by atoms with Crippen molar-refractivity contribution < 1.29 is 9.90 Å². The van der Waals surface area contributed by atoms with Gasteiger partial charge in [-0.1, -0.05) is 12.1 Å². The zero-order chi connectivity index (χ0) is 16.6. The van der Waals surface area contributed by atoms with E-state index in [0.717, 1.165) is 35.6 Å². The number of aliphatic hydroxyl groups excluding tert-OH is 1. The second-order valence-electron chi connectivity index (χ2n) is 6.55. The Kier molecular flexibility index (Phi) is 4.26. The van der Waals surface area contributed by atoms with Crippen LogP contribution in [0.15, 0.2) is 30.3 Å². The van der Waals surface area contributed by atoms with Crippen LogP contribution in [0.3, 0.4) is 0 Å². The van der Waals surface area contributed by atoms with Crippen LogP contribution < -0.4 is 0 Å². The van der Waals surface area contributed by atoms with E-state index in [9.17, 15) is 9.90 Å². The van der Waals surface area contributed by atoms with Gasteiger partial charge in [-0.3, -0.25) is 4.79 Å². The Hall–Kier alpha value is -2.07. The van der Waals surface area contributed by atoms with Crippen LogP contribution in [0.1, 0.15) is 33.7 Å². The first-order valence-corrected chi connectivity index (χ1v) is 8.17. The summed E-state index contributed by atoms with van der Waals surface area (Å²) < 4.78 is 2.14. The van der Waals surface area contributed by atoms with E-state index in [0.29, 0.717) is 6.54 Å². The average molecular weight is 312 g/mol. The first-order chi connectivity index (χ1) is 11.0. The second kappa shape index (κ2) is 6.20. The van der Waals surface area contributed by atoms with Crippen LogP contribution in [-0.2, 0) is 0 Å². The molecule has 1 N–H and O–H groups in total. The van der Waals surface area contributed by atoms with E-state index in [4.69, 9.17) is 0 Å². The lowest BCUT2D eigenvalue weighted by Crippen LogP contribution is -2.29. The number of aliphatic hydroxyl groups is 1. The molecule has 0 radical (unpaired) electrons. The van der Waals surface area contributed by atoms with Gasteiger partial charge in [-0.25, -0.2) is 0 Å². The van der Waals surface area contributed by atoms with Crippen LogP contribution in [-0.4, -0.2) is 40.2 Å². The van der Waals surface area contributed by atoms with Gasteiger partial charge < -0.3 is 14.6 Å². The second-order valence-corrected chi connectivity index (χ2v) is 6.55. The van der Waals surface area contributed by atoms with Crippen LogP contribution in [0.5, 0.6) is 0 Å². The number of amides is 1. The summed E-state index contributed by atoms with van der Waals surface area (Å²) in [4.78, 5) is 14.7. The first-order valence-electron chi connectivity index (χ1n) is 8.17. The molecular weight excluding hydrogens is 288 g/mol. The molecule has 0 aliphatic carbocycles. The molecule has 1 atom stereocenters. The normalized spacial score (nSPS) is 17.7. The van der Waals surface area contributed by atoms with E-state index in [1.54, 1.807) is 0 Å². The highest BCUT2D eigenvalue weighted by Gasteiger charge is 2.28. The Bertz CT molecular complexity index is 733. The van der Waals surface area contributed by atoms with Gasteiger partial charge in [0.25, 0.3) is 5.91 Å². The van der Waals surface area contributed by atoms with Gasteiger partial charge in [0.2, 0.25) is 0 Å². The lowest BCUT2D eigenvalue weighted by molar-refractivity contribution is 0.0781. The number of likely N-dealkylation sites (tertiary alicyclic amines) is 1. The summed E-state index contributed by atoms with van der Waals surface area (Å²) in [6, 6.07) is 10.3. The van der Waals surface area contributed by atoms with Gasteiger partial charge in [0, 0.05) is 42.7 Å². The number of hydrogen-bond acceptors (Lipinski definition) is 2. The van der Waals surface area contributed by atoms with Crippen molar-refractivity contribution in [2.45, 2.75) is 27.2 Å². The average Bonchev–Trinajstić information content (AvgIpc) is 3.11. The van der Waals surface area contributed by atoms with E-state index in [1.807, 2.05) is 30.9 Å². The highest BCUT2D eigenvalue weighted by molar-refractivity contribution is 5.96. The van der Waals surface area contributed by atoms with Gasteiger partial charge in [-0.2, -0.15) is 0 Å². The number of benzene rings is 1. The van der Waals surface area contributed by atoms with Crippen molar-refractivity contribution in [3.8, 4) is 5.69 Å². The van der Waals surface area contributed by atoms with Gasteiger partial charge in [0.05, 0.1) is 5.56 Å². The minimum absolute atomic E-state index is 0.0768. The summed E-state index contributed by atoms with van der Waals surface area (Å²) in [5.74, 6) is 0.298. The maximum Gasteiger partial charge on any atom is 0.255 e. The summed E-state index contributed by atoms with van der Waals surface area (Å²) in [5.41, 5.74) is 5.10. The molecule has 0 spiro atoms. The topological polar surface area (TPSA) is 45.5 Å². The molecule has 1 amide bonds. The molecule has 3 rings (SSSR count). The fourth-order valence-corrected chi connectivity index (χ4v) is 3.48. The highest BCUT2D eigenvalue weighted by Crippen LogP contribution is 2.25. The maximum atomic E-state index is 12.8. The fraction of sp³-hybridized carbons (Fsp3) is 0.421. The molecule has 1 unspecified atom stereocenters. The number of carbonyl (C=O) groups is 1. The van der Waals surface area contributed by atoms with Crippen molar-refractivity contribution in [3.05, 3.63) is 52.8 Å². The van der Waals surface area contributed by atoms with E-state index in [-0.39, 0.29) is 18.4 Å². The highest BCUT2D eigenvalue weighted by atomic mass is 16.3. The molecule has 4 nitrogen and oxygen atoms in total. The SMILES string of the molecule is Cc1cccc(-n2c(C)cc(C(=O)N3CCC(CO)C3)c2C)c1. The van der Waals surface area contributed by atoms with Crippen LogP contribution in [0, 0.1) is 26.7 Å². The molecule has 1 aromatic heterocycles. The number of rotatable bonds is 3. The quantitative estimate of drug-likeness (QED) is 0.947. The summed E-state index contributed by atoms with van der Waals surface area (Å²) in [5, 5.41) is 9.27. The Labute approximate surface area is 137 Å². The first kappa shape index (κ1) is 15.8. The molecule has 2 heterocycles. The van der Waals surface area contributed by atoms with Crippen molar-refractivity contribution in [1.29, 1.82) is 0 Å². The third-order valence-corrected chi connectivity index (χ3v) is 4.75. The summed E-state index contributed by atoms with van der Waals surface area (Å²) in [6.45, 7) is 7.66. The number of aromatic nitrogens is 1. The van der Waals surface area contributed by atoms with Crippen molar-refractivity contribution in [2.75, 3.05) is 19.7 Å². The van der Waals surface area contributed by atoms with Crippen LogP contribution in [0.4, 0.5) is 0 Å². The third kappa shape index (κ3) is 2.91. The van der Waals surface area contributed by atoms with E-state index < -0.39 is 0 Å². The molecule has 1 aliphatic heterocycles. The van der Waals surface area contributed by atoms with Crippen LogP contribution >= 0.6 is 0 Å². The lowest BCUT2D eigenvalue weighted by Gasteiger charge is -2.16. The molecule has 1 aliphatic rings. The zero-order valence-electron chi connectivity index (χ0n) is 14.0. The number of aryl methyl sites for hydroxylation is 2. The summed E-state index contributed by atoms with van der Waals surface area (Å²) in [6.07, 6.45) is 0.888. The molecular formula is C19H24N2O2. The molecule has 1 aromatic carbocycles. The molecule has 2 aromatic rings. The van der Waals surface area contributed by atoms with Gasteiger partial charge in [-0.15, -0.1) is 0 Å². The molecule has 1 saturated heterocycles. The third-order valence-electron chi connectivity index (χ3n) is 4.75. The zero-order valence-corrected chi connectivity index (χ0v) is 14.0. The molecule has 4 heteroatoms. The smallest absolute Gasteiger partial charge is 0.255 e. The molecule has 23 heavy (non-hydrogen) atoms. The van der Waals surface area contributed by atoms with Gasteiger partial charge >= 0.3 is 0 Å². The van der Waals surface area contributed by atoms with Crippen molar-refractivity contribution in [3.63, 3.8) is 0 Å². The Morgan fingerprint density at radius 1 is 1.26 bits per heavy atom. The van der Waals surface area contributed by atoms with E-state index in [1.165, 1.54) is 5.56 Å². The van der Waals surface area contributed by atoms with E-state index in [2.05, 4.69) is 29.7 Å². The minimum atomic E-state index is 0.0768. The van der Waals surface area contributed by atoms with Crippen LogP contribution in [0.25, 0.3) is 5.69 Å². The Morgan fingerprint density at radius 3 is 2.70 bits per heavy atom. The van der Waals surface area contributed by atoms with Crippen LogP contribution in [0.2, 0.25) is 0 Å². The maximum absolute atomic E-state index is 12.8. The van der Waals surface area contributed by atoms with Gasteiger partial charge in [0.1, 0.15) is 0 Å². The number of hydrogen-bond donors (Lipinski definition) is 1. The standard InChI is InChI=1S/C19H24N2O2/c1-13-5-4-6-17(9-13)21-14(2)10-18(15(21)3)19(23)20-8-7-16(11-20)12-22/h4-6,9-10,16,22H,7-8,11-12H2,1-3H3. The monoisotopic (exact) mass is 312 g/mol. The lowest BCUT2D eigenvalue weighted by atomic mass is 10.1. The summed E-state index contributed by atoms with van der Waals surface area (Å²) >= 11 is 0. The van der Waals surface area contributed by atoms with Gasteiger partial charge in [-0.05, 0) is 51.0 Å². The largest absolute Gasteiger partial charge is 0.396 e. The Balaban J connectivity index is 1.93.